The number of fused-ring (bicyclic) bond motifs is 1. The van der Waals surface area contributed by atoms with Gasteiger partial charge in [-0.05, 0) is 44.0 Å². The number of aromatic nitrogens is 4. The van der Waals surface area contributed by atoms with Gasteiger partial charge in [0, 0.05) is 49.4 Å². The Morgan fingerprint density at radius 3 is 2.62 bits per heavy atom. The van der Waals surface area contributed by atoms with Crippen LogP contribution in [-0.4, -0.2) is 50.8 Å². The van der Waals surface area contributed by atoms with E-state index in [-0.39, 0.29) is 29.0 Å². The van der Waals surface area contributed by atoms with Gasteiger partial charge in [0.15, 0.2) is 0 Å². The normalized spacial score (nSPS) is 15.7. The fourth-order valence-electron chi connectivity index (χ4n) is 4.81. The van der Waals surface area contributed by atoms with Crippen LogP contribution in [0.1, 0.15) is 35.7 Å². The molecule has 1 unspecified atom stereocenters. The highest BCUT2D eigenvalue weighted by Gasteiger charge is 2.31. The highest BCUT2D eigenvalue weighted by molar-refractivity contribution is 6.04. The van der Waals surface area contributed by atoms with Gasteiger partial charge in [-0.15, -0.1) is 0 Å². The minimum absolute atomic E-state index is 0.0173. The number of nitrogens with one attached hydrogen (secondary N) is 2. The summed E-state index contributed by atoms with van der Waals surface area (Å²) in [6, 6.07) is 8.06. The molecule has 0 aliphatic carbocycles. The molecule has 0 bridgehead atoms. The van der Waals surface area contributed by atoms with Crippen molar-refractivity contribution in [2.24, 2.45) is 5.92 Å². The highest BCUT2D eigenvalue weighted by Crippen LogP contribution is 2.33. The van der Waals surface area contributed by atoms with Crippen LogP contribution in [0.5, 0.6) is 0 Å². The van der Waals surface area contributed by atoms with Crippen molar-refractivity contribution < 1.29 is 22.8 Å². The van der Waals surface area contributed by atoms with Crippen molar-refractivity contribution >= 4 is 34.9 Å². The van der Waals surface area contributed by atoms with Crippen LogP contribution in [0.2, 0.25) is 0 Å². The number of anilines is 3. The van der Waals surface area contributed by atoms with Crippen LogP contribution in [0.4, 0.5) is 30.8 Å². The number of rotatable bonds is 6. The zero-order valence-corrected chi connectivity index (χ0v) is 21.6. The molecule has 3 aromatic heterocycles. The van der Waals surface area contributed by atoms with Gasteiger partial charge in [-0.25, -0.2) is 15.0 Å². The van der Waals surface area contributed by atoms with Crippen molar-refractivity contribution in [3.05, 3.63) is 66.1 Å². The van der Waals surface area contributed by atoms with E-state index < -0.39 is 17.6 Å². The van der Waals surface area contributed by atoms with Crippen LogP contribution >= 0.6 is 0 Å². The molecular formula is C27H27F3N8O2. The van der Waals surface area contributed by atoms with Gasteiger partial charge < -0.3 is 21.3 Å². The molecule has 4 aromatic rings. The maximum atomic E-state index is 13.0. The molecule has 40 heavy (non-hydrogen) atoms. The van der Waals surface area contributed by atoms with E-state index in [1.807, 2.05) is 11.3 Å². The van der Waals surface area contributed by atoms with E-state index in [9.17, 15) is 22.8 Å². The molecule has 0 saturated carbocycles. The van der Waals surface area contributed by atoms with Crippen molar-refractivity contribution in [2.75, 3.05) is 35.6 Å². The summed E-state index contributed by atoms with van der Waals surface area (Å²) in [5, 5.41) is 5.29. The number of hydrogen-bond donors (Lipinski definition) is 3. The number of nitrogens with two attached hydrogens (primary N) is 1. The average molecular weight is 553 g/mol. The van der Waals surface area contributed by atoms with Gasteiger partial charge in [0.2, 0.25) is 11.9 Å². The van der Waals surface area contributed by atoms with Gasteiger partial charge in [-0.1, -0.05) is 12.1 Å². The largest absolute Gasteiger partial charge is 0.416 e. The van der Waals surface area contributed by atoms with Crippen LogP contribution in [0.25, 0.3) is 16.8 Å². The second-order valence-corrected chi connectivity index (χ2v) is 9.43. The summed E-state index contributed by atoms with van der Waals surface area (Å²) in [4.78, 5) is 40.2. The Morgan fingerprint density at radius 1 is 1.12 bits per heavy atom. The van der Waals surface area contributed by atoms with Gasteiger partial charge in [-0.3, -0.25) is 14.0 Å². The van der Waals surface area contributed by atoms with Crippen LogP contribution in [0.15, 0.2) is 55.0 Å². The second-order valence-electron chi connectivity index (χ2n) is 9.43. The zero-order valence-electron chi connectivity index (χ0n) is 21.6. The number of carbonyl (C=O) groups excluding carboxylic acids is 2. The zero-order chi connectivity index (χ0) is 28.4. The molecule has 0 spiro atoms. The van der Waals surface area contributed by atoms with Crippen molar-refractivity contribution in [2.45, 2.75) is 25.9 Å². The highest BCUT2D eigenvalue weighted by atomic mass is 19.4. The Balaban J connectivity index is 1.42. The number of alkyl halides is 3. The van der Waals surface area contributed by atoms with Gasteiger partial charge in [0.25, 0.3) is 5.91 Å². The number of pyridine rings is 1. The number of halogens is 3. The first-order chi connectivity index (χ1) is 19.2. The van der Waals surface area contributed by atoms with Gasteiger partial charge in [-0.2, -0.15) is 13.2 Å². The lowest BCUT2D eigenvalue weighted by Crippen LogP contribution is -2.43. The number of piperidine rings is 1. The number of nitrogen functional groups attached to an aromatic ring is 1. The summed E-state index contributed by atoms with van der Waals surface area (Å²) in [5.74, 6) is -0.0624. The third-order valence-corrected chi connectivity index (χ3v) is 6.74. The predicted octanol–water partition coefficient (Wildman–Crippen LogP) is 4.00. The lowest BCUT2D eigenvalue weighted by atomic mass is 9.97. The summed E-state index contributed by atoms with van der Waals surface area (Å²) >= 11 is 0. The van der Waals surface area contributed by atoms with E-state index in [2.05, 4.69) is 25.5 Å². The molecular weight excluding hydrogens is 525 g/mol. The monoisotopic (exact) mass is 552 g/mol. The van der Waals surface area contributed by atoms with E-state index in [1.165, 1.54) is 0 Å². The third kappa shape index (κ3) is 5.40. The number of carbonyl (C=O) groups is 2. The summed E-state index contributed by atoms with van der Waals surface area (Å²) in [6.45, 7) is 3.69. The Morgan fingerprint density at radius 2 is 1.90 bits per heavy atom. The van der Waals surface area contributed by atoms with E-state index in [4.69, 9.17) is 10.7 Å². The van der Waals surface area contributed by atoms with Gasteiger partial charge in [0.1, 0.15) is 22.8 Å². The van der Waals surface area contributed by atoms with E-state index >= 15 is 0 Å². The lowest BCUT2D eigenvalue weighted by Gasteiger charge is -2.32. The minimum atomic E-state index is -4.55. The molecule has 4 heterocycles. The fourth-order valence-corrected chi connectivity index (χ4v) is 4.81. The lowest BCUT2D eigenvalue weighted by molar-refractivity contribution is -0.137. The van der Waals surface area contributed by atoms with Crippen LogP contribution < -0.4 is 21.3 Å². The number of benzene rings is 1. The molecule has 10 nitrogen and oxygen atoms in total. The average Bonchev–Trinajstić information content (AvgIpc) is 3.34. The van der Waals surface area contributed by atoms with Crippen molar-refractivity contribution in [3.63, 3.8) is 0 Å². The standard InChI is InChI=1S/C27H27F3N8O2/c1-2-32-24(39)18-4-3-12-37(15-18)26-36-21(22-23(31)34-11-13-38(22)26)16-5-7-17(8-6-16)25(40)35-20-14-19(9-10-33-20)27(28,29)30/h5-11,13-14,18H,2-4,12,15H2,1H3,(H2,31,34)(H,32,39)(H,33,35,40). The summed E-state index contributed by atoms with van der Waals surface area (Å²) in [7, 11) is 0. The molecule has 0 radical (unpaired) electrons. The van der Waals surface area contributed by atoms with E-state index in [1.54, 1.807) is 36.7 Å². The number of amides is 2. The second kappa shape index (κ2) is 10.8. The first-order valence-corrected chi connectivity index (χ1v) is 12.8. The molecule has 1 atom stereocenters. The molecule has 2 amide bonds. The fraction of sp³-hybridized carbons (Fsp3) is 0.296. The number of nitrogens with zero attached hydrogens (tertiary/aromatic N) is 5. The molecule has 208 valence electrons. The maximum absolute atomic E-state index is 13.0. The van der Waals surface area contributed by atoms with Crippen LogP contribution in [0, 0.1) is 5.92 Å². The van der Waals surface area contributed by atoms with E-state index in [0.717, 1.165) is 37.7 Å². The topological polar surface area (TPSA) is 131 Å². The number of hydrogen-bond acceptors (Lipinski definition) is 7. The molecule has 5 rings (SSSR count). The minimum Gasteiger partial charge on any atom is -0.382 e. The summed E-state index contributed by atoms with van der Waals surface area (Å²) in [5.41, 5.74) is 7.36. The first-order valence-electron chi connectivity index (χ1n) is 12.8. The SMILES string of the molecule is CCNC(=O)C1CCCN(c2nc(-c3ccc(C(=O)Nc4cc(C(F)(F)F)ccn4)cc3)c3c(N)nccn23)C1. The molecule has 1 aliphatic heterocycles. The molecule has 1 aromatic carbocycles. The Kier molecular flexibility index (Phi) is 7.28. The molecule has 13 heteroatoms. The van der Waals surface area contributed by atoms with Gasteiger partial charge >= 0.3 is 6.18 Å². The van der Waals surface area contributed by atoms with E-state index in [0.29, 0.717) is 35.8 Å². The van der Waals surface area contributed by atoms with Crippen LogP contribution in [-0.2, 0) is 11.0 Å². The smallest absolute Gasteiger partial charge is 0.382 e. The predicted molar refractivity (Wildman–Crippen MR) is 144 cm³/mol. The Hall–Kier alpha value is -4.68. The quantitative estimate of drug-likeness (QED) is 0.330. The van der Waals surface area contributed by atoms with Gasteiger partial charge in [0.05, 0.1) is 11.5 Å². The first kappa shape index (κ1) is 26.9. The summed E-state index contributed by atoms with van der Waals surface area (Å²) < 4.78 is 40.8. The third-order valence-electron chi connectivity index (χ3n) is 6.74. The maximum Gasteiger partial charge on any atom is 0.416 e. The summed E-state index contributed by atoms with van der Waals surface area (Å²) in [6.07, 6.45) is 1.40. The molecule has 1 aliphatic rings. The molecule has 1 saturated heterocycles. The Labute approximate surface area is 227 Å². The molecule has 4 N–H and O–H groups in total. The number of imidazole rings is 1. The van der Waals surface area contributed by atoms with Crippen molar-refractivity contribution in [1.29, 1.82) is 0 Å². The van der Waals surface area contributed by atoms with Crippen molar-refractivity contribution in [3.8, 4) is 11.3 Å². The van der Waals surface area contributed by atoms with Crippen LogP contribution in [0.3, 0.4) is 0 Å². The molecule has 1 fully saturated rings. The Bertz CT molecular complexity index is 1550. The van der Waals surface area contributed by atoms with Crippen molar-refractivity contribution in [1.82, 2.24) is 24.7 Å².